The highest BCUT2D eigenvalue weighted by Gasteiger charge is 2.25. The number of nitrogens with zero attached hydrogens (tertiary/aromatic N) is 1. The van der Waals surface area contributed by atoms with Crippen LogP contribution in [0.5, 0.6) is 0 Å². The first kappa shape index (κ1) is 18.1. The summed E-state index contributed by atoms with van der Waals surface area (Å²) in [6.07, 6.45) is 1.40. The highest BCUT2D eigenvalue weighted by atomic mass is 32.2. The third-order valence-corrected chi connectivity index (χ3v) is 4.87. The Hall–Kier alpha value is -1.93. The second kappa shape index (κ2) is 7.90. The molecule has 8 heteroatoms. The predicted octanol–water partition coefficient (Wildman–Crippen LogP) is 0.749. The normalized spacial score (nSPS) is 11.4. The third kappa shape index (κ3) is 4.54. The van der Waals surface area contributed by atoms with Crippen molar-refractivity contribution in [2.24, 2.45) is 5.73 Å². The van der Waals surface area contributed by atoms with Crippen molar-refractivity contribution in [2.45, 2.75) is 24.7 Å². The van der Waals surface area contributed by atoms with Crippen LogP contribution in [0.25, 0.3) is 0 Å². The molecule has 0 spiro atoms. The zero-order valence-corrected chi connectivity index (χ0v) is 13.4. The Labute approximate surface area is 130 Å². The van der Waals surface area contributed by atoms with Crippen molar-refractivity contribution in [1.29, 1.82) is 0 Å². The molecule has 1 amide bonds. The molecular weight excluding hydrogens is 308 g/mol. The first-order valence-corrected chi connectivity index (χ1v) is 8.23. The largest absolute Gasteiger partial charge is 0.465 e. The first-order chi connectivity index (χ1) is 10.3. The number of benzene rings is 1. The topological polar surface area (TPSA) is 107 Å². The number of amides is 1. The standard InChI is InChI=1S/C14H20N2O5S/c1-3-4-9-16(10-13(15)17)22(19,20)12-7-5-11(6-8-12)14(18)21-2/h5-8H,3-4,9-10H2,1-2H3,(H2,15,17). The highest BCUT2D eigenvalue weighted by molar-refractivity contribution is 7.89. The number of sulfonamides is 1. The molecule has 0 saturated heterocycles. The Kier molecular flexibility index (Phi) is 6.51. The molecule has 0 aliphatic rings. The number of rotatable bonds is 8. The molecule has 22 heavy (non-hydrogen) atoms. The van der Waals surface area contributed by atoms with Gasteiger partial charge in [0.2, 0.25) is 15.9 Å². The van der Waals surface area contributed by atoms with Gasteiger partial charge in [-0.1, -0.05) is 13.3 Å². The first-order valence-electron chi connectivity index (χ1n) is 6.79. The van der Waals surface area contributed by atoms with E-state index in [1.54, 1.807) is 0 Å². The fourth-order valence-corrected chi connectivity index (χ4v) is 3.27. The number of unbranched alkanes of at least 4 members (excludes halogenated alkanes) is 1. The predicted molar refractivity (Wildman–Crippen MR) is 80.6 cm³/mol. The summed E-state index contributed by atoms with van der Waals surface area (Å²) in [7, 11) is -2.59. The molecule has 1 rings (SSSR count). The van der Waals surface area contributed by atoms with Gasteiger partial charge in [0.15, 0.2) is 0 Å². The highest BCUT2D eigenvalue weighted by Crippen LogP contribution is 2.17. The number of ether oxygens (including phenoxy) is 1. The van der Waals surface area contributed by atoms with Gasteiger partial charge in [-0.05, 0) is 30.7 Å². The monoisotopic (exact) mass is 328 g/mol. The van der Waals surface area contributed by atoms with E-state index >= 15 is 0 Å². The fraction of sp³-hybridized carbons (Fsp3) is 0.429. The second-order valence-corrected chi connectivity index (χ2v) is 6.61. The van der Waals surface area contributed by atoms with Crippen molar-refractivity contribution in [3.05, 3.63) is 29.8 Å². The summed E-state index contributed by atoms with van der Waals surface area (Å²) in [5.74, 6) is -1.27. The van der Waals surface area contributed by atoms with E-state index in [1.807, 2.05) is 6.92 Å². The van der Waals surface area contributed by atoms with Crippen molar-refractivity contribution >= 4 is 21.9 Å². The molecule has 0 fully saturated rings. The van der Waals surface area contributed by atoms with E-state index in [4.69, 9.17) is 5.73 Å². The van der Waals surface area contributed by atoms with Gasteiger partial charge in [0.1, 0.15) is 0 Å². The molecule has 1 aromatic carbocycles. The van der Waals surface area contributed by atoms with Gasteiger partial charge in [0.25, 0.3) is 0 Å². The number of carbonyl (C=O) groups excluding carboxylic acids is 2. The van der Waals surface area contributed by atoms with Crippen LogP contribution in [-0.4, -0.2) is 44.8 Å². The molecule has 122 valence electrons. The van der Waals surface area contributed by atoms with E-state index in [9.17, 15) is 18.0 Å². The van der Waals surface area contributed by atoms with Gasteiger partial charge in [0.05, 0.1) is 24.1 Å². The van der Waals surface area contributed by atoms with Gasteiger partial charge in [-0.15, -0.1) is 0 Å². The van der Waals surface area contributed by atoms with Gasteiger partial charge >= 0.3 is 5.97 Å². The number of hydrogen-bond donors (Lipinski definition) is 1. The number of primary amides is 1. The molecule has 0 radical (unpaired) electrons. The summed E-state index contributed by atoms with van der Waals surface area (Å²) in [5.41, 5.74) is 5.36. The summed E-state index contributed by atoms with van der Waals surface area (Å²) < 4.78 is 30.7. The molecule has 0 heterocycles. The molecule has 7 nitrogen and oxygen atoms in total. The van der Waals surface area contributed by atoms with Crippen LogP contribution in [0.2, 0.25) is 0 Å². The second-order valence-electron chi connectivity index (χ2n) is 4.67. The van der Waals surface area contributed by atoms with Crippen LogP contribution in [0.1, 0.15) is 30.1 Å². The van der Waals surface area contributed by atoms with Crippen LogP contribution >= 0.6 is 0 Å². The summed E-state index contributed by atoms with van der Waals surface area (Å²) >= 11 is 0. The molecule has 0 aromatic heterocycles. The number of carbonyl (C=O) groups is 2. The van der Waals surface area contributed by atoms with Crippen molar-refractivity contribution in [2.75, 3.05) is 20.2 Å². The van der Waals surface area contributed by atoms with Gasteiger partial charge in [0, 0.05) is 6.54 Å². The summed E-state index contributed by atoms with van der Waals surface area (Å²) in [6.45, 7) is 1.75. The smallest absolute Gasteiger partial charge is 0.337 e. The Morgan fingerprint density at radius 3 is 2.27 bits per heavy atom. The number of esters is 1. The van der Waals surface area contributed by atoms with Crippen LogP contribution in [0.15, 0.2) is 29.2 Å². The van der Waals surface area contributed by atoms with Crippen LogP contribution in [0.4, 0.5) is 0 Å². The Morgan fingerprint density at radius 2 is 1.82 bits per heavy atom. The maximum Gasteiger partial charge on any atom is 0.337 e. The maximum atomic E-state index is 12.5. The van der Waals surface area contributed by atoms with Gasteiger partial charge < -0.3 is 10.5 Å². The Bertz CT molecular complexity index is 625. The molecule has 1 aromatic rings. The van der Waals surface area contributed by atoms with Crippen molar-refractivity contribution < 1.29 is 22.7 Å². The van der Waals surface area contributed by atoms with Crippen LogP contribution in [0, 0.1) is 0 Å². The zero-order chi connectivity index (χ0) is 16.8. The number of nitrogens with two attached hydrogens (primary N) is 1. The summed E-state index contributed by atoms with van der Waals surface area (Å²) in [4.78, 5) is 22.4. The lowest BCUT2D eigenvalue weighted by atomic mass is 10.2. The van der Waals surface area contributed by atoms with E-state index in [-0.39, 0.29) is 23.5 Å². The minimum atomic E-state index is -3.84. The van der Waals surface area contributed by atoms with Gasteiger partial charge in [-0.3, -0.25) is 4.79 Å². The number of methoxy groups -OCH3 is 1. The van der Waals surface area contributed by atoms with Crippen LogP contribution < -0.4 is 5.73 Å². The van der Waals surface area contributed by atoms with E-state index in [2.05, 4.69) is 4.74 Å². The molecule has 0 unspecified atom stereocenters. The Balaban J connectivity index is 3.07. The number of hydrogen-bond acceptors (Lipinski definition) is 5. The van der Waals surface area contributed by atoms with Crippen molar-refractivity contribution in [1.82, 2.24) is 4.31 Å². The molecular formula is C14H20N2O5S. The fourth-order valence-electron chi connectivity index (χ4n) is 1.82. The average Bonchev–Trinajstić information content (AvgIpc) is 2.50. The third-order valence-electron chi connectivity index (χ3n) is 3.01. The van der Waals surface area contributed by atoms with E-state index in [0.29, 0.717) is 6.42 Å². The molecule has 0 atom stereocenters. The lowest BCUT2D eigenvalue weighted by Crippen LogP contribution is -2.39. The molecule has 0 saturated carbocycles. The van der Waals surface area contributed by atoms with E-state index in [1.165, 1.54) is 31.4 Å². The lowest BCUT2D eigenvalue weighted by molar-refractivity contribution is -0.118. The maximum absolute atomic E-state index is 12.5. The minimum absolute atomic E-state index is 0.00231. The minimum Gasteiger partial charge on any atom is -0.465 e. The van der Waals surface area contributed by atoms with Crippen molar-refractivity contribution in [3.8, 4) is 0 Å². The Morgan fingerprint density at radius 1 is 1.23 bits per heavy atom. The average molecular weight is 328 g/mol. The van der Waals surface area contributed by atoms with E-state index < -0.39 is 21.9 Å². The van der Waals surface area contributed by atoms with Gasteiger partial charge in [-0.2, -0.15) is 4.31 Å². The lowest BCUT2D eigenvalue weighted by Gasteiger charge is -2.20. The molecule has 0 aliphatic carbocycles. The summed E-state index contributed by atoms with van der Waals surface area (Å²) in [6, 6.07) is 5.34. The SMILES string of the molecule is CCCCN(CC(N)=O)S(=O)(=O)c1ccc(C(=O)OC)cc1. The van der Waals surface area contributed by atoms with Gasteiger partial charge in [-0.25, -0.2) is 13.2 Å². The van der Waals surface area contributed by atoms with Crippen molar-refractivity contribution in [3.63, 3.8) is 0 Å². The molecule has 2 N–H and O–H groups in total. The van der Waals surface area contributed by atoms with Crippen LogP contribution in [-0.2, 0) is 19.6 Å². The zero-order valence-electron chi connectivity index (χ0n) is 12.6. The summed E-state index contributed by atoms with van der Waals surface area (Å²) in [5, 5.41) is 0. The van der Waals surface area contributed by atoms with E-state index in [0.717, 1.165) is 10.7 Å². The van der Waals surface area contributed by atoms with Crippen LogP contribution in [0.3, 0.4) is 0 Å². The molecule has 0 aliphatic heterocycles. The molecule has 0 bridgehead atoms. The quantitative estimate of drug-likeness (QED) is 0.709.